The highest BCUT2D eigenvalue weighted by atomic mass is 35.5. The second kappa shape index (κ2) is 7.19. The first-order valence-electron chi connectivity index (χ1n) is 6.22. The highest BCUT2D eigenvalue weighted by Gasteiger charge is 2.07. The molecule has 0 bridgehead atoms. The van der Waals surface area contributed by atoms with Crippen LogP contribution in [0.25, 0.3) is 0 Å². The quantitative estimate of drug-likeness (QED) is 0.776. The van der Waals surface area contributed by atoms with E-state index in [1.807, 2.05) is 19.1 Å². The number of hydrogen-bond donors (Lipinski definition) is 1. The summed E-state index contributed by atoms with van der Waals surface area (Å²) in [6.45, 7) is 3.61. The molecule has 20 heavy (non-hydrogen) atoms. The second-order valence-corrected chi connectivity index (χ2v) is 5.46. The normalized spacial score (nSPS) is 10.6. The molecule has 0 saturated carbocycles. The molecule has 0 aliphatic rings. The molecule has 0 saturated heterocycles. The molecule has 0 aromatic heterocycles. The van der Waals surface area contributed by atoms with E-state index in [2.05, 4.69) is 5.32 Å². The zero-order chi connectivity index (χ0) is 14.5. The van der Waals surface area contributed by atoms with Crippen LogP contribution in [0.5, 0.6) is 11.5 Å². The molecule has 0 fully saturated rings. The maximum Gasteiger partial charge on any atom is 0.132 e. The minimum Gasteiger partial charge on any atom is -0.457 e. The molecule has 0 amide bonds. The molecule has 2 aromatic carbocycles. The molecule has 2 nitrogen and oxygen atoms in total. The lowest BCUT2D eigenvalue weighted by atomic mass is 10.2. The molecule has 0 aliphatic heterocycles. The third-order valence-electron chi connectivity index (χ3n) is 2.71. The van der Waals surface area contributed by atoms with Gasteiger partial charge in [0.1, 0.15) is 11.5 Å². The van der Waals surface area contributed by atoms with Crippen LogP contribution in [-0.4, -0.2) is 6.54 Å². The van der Waals surface area contributed by atoms with Crippen LogP contribution in [-0.2, 0) is 6.54 Å². The monoisotopic (exact) mass is 329 g/mol. The Labute approximate surface area is 133 Å². The van der Waals surface area contributed by atoms with Crippen LogP contribution >= 0.6 is 34.8 Å². The molecule has 5 heteroatoms. The average Bonchev–Trinajstić information content (AvgIpc) is 2.43. The SMILES string of the molecule is CCNCc1cc(Cl)ccc1Oc1ccc(Cl)c(Cl)c1. The fourth-order valence-corrected chi connectivity index (χ4v) is 2.20. The van der Waals surface area contributed by atoms with Crippen molar-refractivity contribution in [2.75, 3.05) is 6.54 Å². The van der Waals surface area contributed by atoms with Crippen LogP contribution in [0.15, 0.2) is 36.4 Å². The van der Waals surface area contributed by atoms with E-state index in [4.69, 9.17) is 39.5 Å². The maximum atomic E-state index is 6.02. The molecule has 0 heterocycles. The third kappa shape index (κ3) is 4.03. The van der Waals surface area contributed by atoms with Crippen molar-refractivity contribution in [3.05, 3.63) is 57.0 Å². The highest BCUT2D eigenvalue weighted by molar-refractivity contribution is 6.42. The van der Waals surface area contributed by atoms with Crippen molar-refractivity contribution in [1.82, 2.24) is 5.32 Å². The minimum absolute atomic E-state index is 0.464. The number of halogens is 3. The summed E-state index contributed by atoms with van der Waals surface area (Å²) in [5, 5.41) is 4.90. The van der Waals surface area contributed by atoms with Gasteiger partial charge < -0.3 is 10.1 Å². The largest absolute Gasteiger partial charge is 0.457 e. The summed E-state index contributed by atoms with van der Waals surface area (Å²) >= 11 is 17.9. The van der Waals surface area contributed by atoms with E-state index in [0.717, 1.165) is 17.9 Å². The molecule has 2 rings (SSSR count). The summed E-state index contributed by atoms with van der Waals surface area (Å²) in [5.41, 5.74) is 0.991. The second-order valence-electron chi connectivity index (χ2n) is 4.21. The van der Waals surface area contributed by atoms with E-state index >= 15 is 0 Å². The smallest absolute Gasteiger partial charge is 0.132 e. The third-order valence-corrected chi connectivity index (χ3v) is 3.68. The van der Waals surface area contributed by atoms with Gasteiger partial charge in [0.15, 0.2) is 0 Å². The number of benzene rings is 2. The van der Waals surface area contributed by atoms with Gasteiger partial charge in [-0.1, -0.05) is 41.7 Å². The molecule has 0 spiro atoms. The molecular weight excluding hydrogens is 317 g/mol. The zero-order valence-electron chi connectivity index (χ0n) is 10.9. The Morgan fingerprint density at radius 3 is 2.50 bits per heavy atom. The van der Waals surface area contributed by atoms with E-state index in [1.165, 1.54) is 0 Å². The van der Waals surface area contributed by atoms with Crippen molar-refractivity contribution in [2.45, 2.75) is 13.5 Å². The van der Waals surface area contributed by atoms with Crippen molar-refractivity contribution in [3.63, 3.8) is 0 Å². The Balaban J connectivity index is 2.25. The first-order chi connectivity index (χ1) is 9.60. The van der Waals surface area contributed by atoms with E-state index < -0.39 is 0 Å². The predicted octanol–water partition coefficient (Wildman–Crippen LogP) is 5.55. The van der Waals surface area contributed by atoms with Gasteiger partial charge >= 0.3 is 0 Å². The predicted molar refractivity (Wildman–Crippen MR) is 85.4 cm³/mol. The van der Waals surface area contributed by atoms with E-state index in [9.17, 15) is 0 Å². The molecular formula is C15H14Cl3NO. The van der Waals surface area contributed by atoms with Gasteiger partial charge in [0.2, 0.25) is 0 Å². The van der Waals surface area contributed by atoms with Gasteiger partial charge in [-0.05, 0) is 36.9 Å². The van der Waals surface area contributed by atoms with Crippen molar-refractivity contribution in [1.29, 1.82) is 0 Å². The van der Waals surface area contributed by atoms with Crippen LogP contribution in [0.2, 0.25) is 15.1 Å². The van der Waals surface area contributed by atoms with Gasteiger partial charge in [-0.15, -0.1) is 0 Å². The topological polar surface area (TPSA) is 21.3 Å². The summed E-state index contributed by atoms with van der Waals surface area (Å²) in [6.07, 6.45) is 0. The van der Waals surface area contributed by atoms with Gasteiger partial charge in [-0.3, -0.25) is 0 Å². The molecule has 1 N–H and O–H groups in total. The Morgan fingerprint density at radius 1 is 1.00 bits per heavy atom. The van der Waals surface area contributed by atoms with Crippen molar-refractivity contribution >= 4 is 34.8 Å². The summed E-state index contributed by atoms with van der Waals surface area (Å²) in [6, 6.07) is 10.7. The van der Waals surface area contributed by atoms with Gasteiger partial charge in [0, 0.05) is 23.2 Å². The van der Waals surface area contributed by atoms with Crippen LogP contribution in [0, 0.1) is 0 Å². The van der Waals surface area contributed by atoms with Gasteiger partial charge in [-0.25, -0.2) is 0 Å². The molecule has 0 radical (unpaired) electrons. The molecule has 0 unspecified atom stereocenters. The number of ether oxygens (including phenoxy) is 1. The number of rotatable bonds is 5. The Kier molecular flexibility index (Phi) is 5.55. The van der Waals surface area contributed by atoms with Crippen molar-refractivity contribution in [3.8, 4) is 11.5 Å². The first kappa shape index (κ1) is 15.5. The molecule has 0 aliphatic carbocycles. The maximum absolute atomic E-state index is 6.02. The van der Waals surface area contributed by atoms with Crippen LogP contribution in [0.3, 0.4) is 0 Å². The molecule has 106 valence electrons. The van der Waals surface area contributed by atoms with Crippen molar-refractivity contribution in [2.24, 2.45) is 0 Å². The van der Waals surface area contributed by atoms with Gasteiger partial charge in [0.25, 0.3) is 0 Å². The molecule has 0 atom stereocenters. The zero-order valence-corrected chi connectivity index (χ0v) is 13.2. The summed E-state index contributed by atoms with van der Waals surface area (Å²) in [4.78, 5) is 0. The highest BCUT2D eigenvalue weighted by Crippen LogP contribution is 2.32. The minimum atomic E-state index is 0.464. The fraction of sp³-hybridized carbons (Fsp3) is 0.200. The standard InChI is InChI=1S/C15H14Cl3NO/c1-2-19-9-10-7-11(16)3-6-15(10)20-12-4-5-13(17)14(18)8-12/h3-8,19H,2,9H2,1H3. The summed E-state index contributed by atoms with van der Waals surface area (Å²) < 4.78 is 5.86. The van der Waals surface area contributed by atoms with Gasteiger partial charge in [0.05, 0.1) is 10.0 Å². The Morgan fingerprint density at radius 2 is 1.80 bits per heavy atom. The number of nitrogens with one attached hydrogen (secondary N) is 1. The van der Waals surface area contributed by atoms with E-state index in [-0.39, 0.29) is 0 Å². The average molecular weight is 331 g/mol. The Hall–Kier alpha value is -0.930. The fourth-order valence-electron chi connectivity index (χ4n) is 1.71. The van der Waals surface area contributed by atoms with Gasteiger partial charge in [-0.2, -0.15) is 0 Å². The Bertz CT molecular complexity index is 602. The number of hydrogen-bond acceptors (Lipinski definition) is 2. The van der Waals surface area contributed by atoms with Crippen molar-refractivity contribution < 1.29 is 4.74 Å². The lowest BCUT2D eigenvalue weighted by Crippen LogP contribution is -2.12. The van der Waals surface area contributed by atoms with Crippen LogP contribution in [0.4, 0.5) is 0 Å². The first-order valence-corrected chi connectivity index (χ1v) is 7.35. The van der Waals surface area contributed by atoms with Crippen LogP contribution < -0.4 is 10.1 Å². The lowest BCUT2D eigenvalue weighted by molar-refractivity contribution is 0.473. The summed E-state index contributed by atoms with van der Waals surface area (Å²) in [5.74, 6) is 1.38. The van der Waals surface area contributed by atoms with E-state index in [1.54, 1.807) is 24.3 Å². The van der Waals surface area contributed by atoms with E-state index in [0.29, 0.717) is 27.4 Å². The van der Waals surface area contributed by atoms with Crippen LogP contribution in [0.1, 0.15) is 12.5 Å². The molecule has 2 aromatic rings. The lowest BCUT2D eigenvalue weighted by Gasteiger charge is -2.12. The summed E-state index contributed by atoms with van der Waals surface area (Å²) in [7, 11) is 0.